The zero-order valence-electron chi connectivity index (χ0n) is 17.2. The van der Waals surface area contributed by atoms with E-state index in [1.54, 1.807) is 0 Å². The van der Waals surface area contributed by atoms with Gasteiger partial charge in [-0.2, -0.15) is 0 Å². The third-order valence-corrected chi connectivity index (χ3v) is 7.80. The second-order valence-corrected chi connectivity index (χ2v) is 9.99. The minimum Gasteiger partial charge on any atom is -0.385 e. The molecule has 5 unspecified atom stereocenters. The Labute approximate surface area is 178 Å². The zero-order chi connectivity index (χ0) is 20.2. The van der Waals surface area contributed by atoms with E-state index in [0.29, 0.717) is 11.8 Å². The van der Waals surface area contributed by atoms with Crippen molar-refractivity contribution in [3.8, 4) is 11.1 Å². The molecule has 0 heterocycles. The highest BCUT2D eigenvalue weighted by Crippen LogP contribution is 2.57. The lowest BCUT2D eigenvalue weighted by Gasteiger charge is -2.53. The van der Waals surface area contributed by atoms with E-state index in [1.807, 2.05) is 18.2 Å². The monoisotopic (exact) mass is 404 g/mol. The number of rotatable bonds is 2. The van der Waals surface area contributed by atoms with E-state index < -0.39 is 5.60 Å². The van der Waals surface area contributed by atoms with E-state index in [4.69, 9.17) is 11.6 Å². The van der Waals surface area contributed by atoms with Crippen LogP contribution in [-0.2, 0) is 5.60 Å². The maximum atomic E-state index is 12.5. The van der Waals surface area contributed by atoms with Crippen LogP contribution < -0.4 is 0 Å². The molecule has 1 nitrogen and oxygen atoms in total. The maximum Gasteiger partial charge on any atom is 0.0962 e. The van der Waals surface area contributed by atoms with E-state index in [1.165, 1.54) is 17.2 Å². The van der Waals surface area contributed by atoms with Gasteiger partial charge in [0.2, 0.25) is 0 Å². The lowest BCUT2D eigenvalue weighted by molar-refractivity contribution is -0.131. The topological polar surface area (TPSA) is 20.2 Å². The summed E-state index contributed by atoms with van der Waals surface area (Å²) >= 11 is 6.36. The van der Waals surface area contributed by atoms with Crippen molar-refractivity contribution in [1.82, 2.24) is 0 Å². The first-order valence-corrected chi connectivity index (χ1v) is 11.3. The Hall–Kier alpha value is -1.83. The predicted molar refractivity (Wildman–Crippen MR) is 122 cm³/mol. The van der Waals surface area contributed by atoms with Crippen molar-refractivity contribution < 1.29 is 5.11 Å². The highest BCUT2D eigenvalue weighted by Gasteiger charge is 2.52. The fourth-order valence-electron chi connectivity index (χ4n) is 6.43. The SMILES string of the molecule is CC1CC2CC(C)C(O)(c3c(-c4cccc(Cl)c4)ccc4ccccc34)C(C1)C2. The van der Waals surface area contributed by atoms with Gasteiger partial charge in [0.15, 0.2) is 0 Å². The molecule has 0 radical (unpaired) electrons. The molecular formula is C27H29ClO. The maximum absolute atomic E-state index is 12.5. The van der Waals surface area contributed by atoms with Gasteiger partial charge in [-0.25, -0.2) is 0 Å². The summed E-state index contributed by atoms with van der Waals surface area (Å²) in [6, 6.07) is 20.9. The summed E-state index contributed by atoms with van der Waals surface area (Å²) in [5, 5.41) is 15.6. The van der Waals surface area contributed by atoms with Crippen molar-refractivity contribution in [1.29, 1.82) is 0 Å². The Bertz CT molecular complexity index is 1050. The normalized spacial score (nSPS) is 31.7. The fourth-order valence-corrected chi connectivity index (χ4v) is 6.62. The standard InChI is InChI=1S/C27H29ClO/c1-17-12-19-14-18(2)27(29,22(13-17)15-19)26-24-9-4-3-6-20(24)10-11-25(26)21-7-5-8-23(28)16-21/h3-11,16-19,22,29H,12-15H2,1-2H3. The van der Waals surface area contributed by atoms with Gasteiger partial charge < -0.3 is 5.11 Å². The van der Waals surface area contributed by atoms with Crippen molar-refractivity contribution >= 4 is 22.4 Å². The van der Waals surface area contributed by atoms with Gasteiger partial charge in [-0.05, 0) is 89.0 Å². The number of fused-ring (bicyclic) bond motifs is 3. The average molecular weight is 405 g/mol. The molecule has 2 saturated carbocycles. The summed E-state index contributed by atoms with van der Waals surface area (Å²) in [6.45, 7) is 4.62. The minimum absolute atomic E-state index is 0.238. The Balaban J connectivity index is 1.79. The first-order valence-electron chi connectivity index (χ1n) is 11.0. The van der Waals surface area contributed by atoms with E-state index in [2.05, 4.69) is 56.3 Å². The molecule has 0 spiro atoms. The van der Waals surface area contributed by atoms with Crippen molar-refractivity contribution in [2.24, 2.45) is 23.7 Å². The molecule has 5 atom stereocenters. The third-order valence-electron chi connectivity index (χ3n) is 7.57. The third kappa shape index (κ3) is 3.10. The summed E-state index contributed by atoms with van der Waals surface area (Å²) in [5.41, 5.74) is 2.51. The largest absolute Gasteiger partial charge is 0.385 e. The van der Waals surface area contributed by atoms with Crippen molar-refractivity contribution in [2.45, 2.75) is 45.1 Å². The van der Waals surface area contributed by atoms with Crippen LogP contribution in [-0.4, -0.2) is 5.11 Å². The summed E-state index contributed by atoms with van der Waals surface area (Å²) in [4.78, 5) is 0. The van der Waals surface area contributed by atoms with Crippen LogP contribution in [0.25, 0.3) is 21.9 Å². The highest BCUT2D eigenvalue weighted by molar-refractivity contribution is 6.30. The van der Waals surface area contributed by atoms with Gasteiger partial charge in [0, 0.05) is 5.02 Å². The quantitative estimate of drug-likeness (QED) is 0.470. The smallest absolute Gasteiger partial charge is 0.0962 e. The summed E-state index contributed by atoms with van der Waals surface area (Å²) in [6.07, 6.45) is 4.67. The highest BCUT2D eigenvalue weighted by atomic mass is 35.5. The van der Waals surface area contributed by atoms with E-state index in [9.17, 15) is 5.11 Å². The van der Waals surface area contributed by atoms with E-state index in [-0.39, 0.29) is 5.92 Å². The molecule has 5 rings (SSSR count). The molecular weight excluding hydrogens is 376 g/mol. The molecule has 2 heteroatoms. The lowest BCUT2D eigenvalue weighted by atomic mass is 9.55. The average Bonchev–Trinajstić information content (AvgIpc) is 2.71. The lowest BCUT2D eigenvalue weighted by Crippen LogP contribution is -2.49. The molecule has 150 valence electrons. The second kappa shape index (κ2) is 7.15. The molecule has 2 aliphatic rings. The molecule has 2 bridgehead atoms. The Kier molecular flexibility index (Phi) is 4.72. The minimum atomic E-state index is -0.816. The molecule has 0 aromatic heterocycles. The van der Waals surface area contributed by atoms with E-state index in [0.717, 1.165) is 46.9 Å². The Morgan fingerprint density at radius 1 is 0.897 bits per heavy atom. The molecule has 0 aliphatic heterocycles. The number of benzene rings is 3. The number of hydrogen-bond donors (Lipinski definition) is 1. The van der Waals surface area contributed by atoms with Crippen LogP contribution in [0.4, 0.5) is 0 Å². The van der Waals surface area contributed by atoms with Crippen LogP contribution in [0, 0.1) is 23.7 Å². The Morgan fingerprint density at radius 2 is 1.72 bits per heavy atom. The molecule has 3 aromatic carbocycles. The van der Waals surface area contributed by atoms with Gasteiger partial charge in [0.1, 0.15) is 0 Å². The zero-order valence-corrected chi connectivity index (χ0v) is 18.0. The van der Waals surface area contributed by atoms with Gasteiger partial charge in [-0.1, -0.05) is 74.0 Å². The molecule has 0 saturated heterocycles. The predicted octanol–water partition coefficient (Wildman–Crippen LogP) is 7.44. The fraction of sp³-hybridized carbons (Fsp3) is 0.407. The van der Waals surface area contributed by atoms with Crippen LogP contribution >= 0.6 is 11.6 Å². The molecule has 1 N–H and O–H groups in total. The van der Waals surface area contributed by atoms with Gasteiger partial charge in [0.05, 0.1) is 5.60 Å². The van der Waals surface area contributed by atoms with Crippen LogP contribution in [0.5, 0.6) is 0 Å². The molecule has 0 amide bonds. The van der Waals surface area contributed by atoms with Crippen molar-refractivity contribution in [3.63, 3.8) is 0 Å². The molecule has 29 heavy (non-hydrogen) atoms. The summed E-state index contributed by atoms with van der Waals surface area (Å²) in [7, 11) is 0. The van der Waals surface area contributed by atoms with Crippen LogP contribution in [0.3, 0.4) is 0 Å². The molecule has 3 aromatic rings. The van der Waals surface area contributed by atoms with Crippen molar-refractivity contribution in [2.75, 3.05) is 0 Å². The first kappa shape index (κ1) is 19.2. The first-order chi connectivity index (χ1) is 14.0. The molecule has 2 aliphatic carbocycles. The van der Waals surface area contributed by atoms with Gasteiger partial charge in [-0.15, -0.1) is 0 Å². The summed E-state index contributed by atoms with van der Waals surface area (Å²) < 4.78 is 0. The summed E-state index contributed by atoms with van der Waals surface area (Å²) in [5.74, 6) is 1.98. The van der Waals surface area contributed by atoms with Gasteiger partial charge in [-0.3, -0.25) is 0 Å². The van der Waals surface area contributed by atoms with Crippen molar-refractivity contribution in [3.05, 3.63) is 71.2 Å². The van der Waals surface area contributed by atoms with Gasteiger partial charge in [0.25, 0.3) is 0 Å². The second-order valence-electron chi connectivity index (χ2n) is 9.56. The Morgan fingerprint density at radius 3 is 2.55 bits per heavy atom. The number of aliphatic hydroxyl groups is 1. The van der Waals surface area contributed by atoms with Crippen LogP contribution in [0.1, 0.15) is 45.1 Å². The van der Waals surface area contributed by atoms with Crippen LogP contribution in [0.2, 0.25) is 5.02 Å². The van der Waals surface area contributed by atoms with Crippen LogP contribution in [0.15, 0.2) is 60.7 Å². The van der Waals surface area contributed by atoms with E-state index >= 15 is 0 Å². The number of halogens is 1. The molecule has 2 fully saturated rings. The number of hydrogen-bond acceptors (Lipinski definition) is 1. The van der Waals surface area contributed by atoms with Gasteiger partial charge >= 0.3 is 0 Å².